The van der Waals surface area contributed by atoms with Crippen molar-refractivity contribution in [2.45, 2.75) is 19.8 Å². The van der Waals surface area contributed by atoms with Crippen LogP contribution in [-0.4, -0.2) is 16.1 Å². The zero-order chi connectivity index (χ0) is 17.3. The number of hydrogen-bond donors (Lipinski definition) is 2. The lowest BCUT2D eigenvalue weighted by Crippen LogP contribution is -2.27. The molecule has 1 aliphatic heterocycles. The molecule has 2 aromatic rings. The van der Waals surface area contributed by atoms with Crippen molar-refractivity contribution in [3.8, 4) is 0 Å². The van der Waals surface area contributed by atoms with Crippen LogP contribution in [-0.2, 0) is 4.79 Å². The van der Waals surface area contributed by atoms with E-state index >= 15 is 0 Å². The normalized spacial score (nSPS) is 17.7. The molecule has 2 heterocycles. The quantitative estimate of drug-likeness (QED) is 0.878. The number of allylic oxidation sites excluding steroid dienone is 3. The zero-order valence-corrected chi connectivity index (χ0v) is 14.1. The molecule has 24 heavy (non-hydrogen) atoms. The SMILES string of the molecule is CC1=C(C(=O)O)C(c2ccccc2Cl)C(c2cccnc2)=C(C)N1. The molecule has 1 aromatic heterocycles. The zero-order valence-electron chi connectivity index (χ0n) is 13.4. The van der Waals surface area contributed by atoms with Gasteiger partial charge in [0.15, 0.2) is 0 Å². The van der Waals surface area contributed by atoms with Crippen molar-refractivity contribution in [1.29, 1.82) is 0 Å². The van der Waals surface area contributed by atoms with E-state index in [9.17, 15) is 9.90 Å². The first-order valence-electron chi connectivity index (χ1n) is 7.57. The summed E-state index contributed by atoms with van der Waals surface area (Å²) in [6.45, 7) is 3.71. The van der Waals surface area contributed by atoms with Gasteiger partial charge in [-0.25, -0.2) is 4.79 Å². The molecule has 0 amide bonds. The Labute approximate surface area is 145 Å². The van der Waals surface area contributed by atoms with Crippen molar-refractivity contribution in [2.24, 2.45) is 0 Å². The number of aliphatic carboxylic acids is 1. The maximum absolute atomic E-state index is 12.0. The molecule has 5 heteroatoms. The van der Waals surface area contributed by atoms with E-state index in [-0.39, 0.29) is 0 Å². The largest absolute Gasteiger partial charge is 0.478 e. The number of nitrogens with one attached hydrogen (secondary N) is 1. The first kappa shape index (κ1) is 16.3. The third-order valence-corrected chi connectivity index (χ3v) is 4.52. The second-order valence-electron chi connectivity index (χ2n) is 5.70. The number of carboxylic acid groups (broad SMARTS) is 1. The highest BCUT2D eigenvalue weighted by Crippen LogP contribution is 2.45. The second-order valence-corrected chi connectivity index (χ2v) is 6.11. The Morgan fingerprint density at radius 1 is 1.17 bits per heavy atom. The Bertz CT molecular complexity index is 857. The minimum atomic E-state index is -0.959. The van der Waals surface area contributed by atoms with E-state index in [4.69, 9.17) is 11.6 Å². The number of rotatable bonds is 3. The molecule has 1 aromatic carbocycles. The number of hydrogen-bond acceptors (Lipinski definition) is 3. The third kappa shape index (κ3) is 2.81. The maximum atomic E-state index is 12.0. The van der Waals surface area contributed by atoms with Crippen LogP contribution in [0.3, 0.4) is 0 Å². The van der Waals surface area contributed by atoms with Gasteiger partial charge in [0.2, 0.25) is 0 Å². The Morgan fingerprint density at radius 3 is 2.54 bits per heavy atom. The van der Waals surface area contributed by atoms with Crippen LogP contribution in [0.4, 0.5) is 0 Å². The average molecular weight is 341 g/mol. The highest BCUT2D eigenvalue weighted by molar-refractivity contribution is 6.31. The van der Waals surface area contributed by atoms with Crippen molar-refractivity contribution in [3.63, 3.8) is 0 Å². The first-order chi connectivity index (χ1) is 11.5. The number of halogens is 1. The number of nitrogens with zero attached hydrogens (tertiary/aromatic N) is 1. The summed E-state index contributed by atoms with van der Waals surface area (Å²) in [5.74, 6) is -1.42. The maximum Gasteiger partial charge on any atom is 0.334 e. The number of aromatic nitrogens is 1. The van der Waals surface area contributed by atoms with Gasteiger partial charge in [0.1, 0.15) is 0 Å². The van der Waals surface area contributed by atoms with Gasteiger partial charge in [-0.2, -0.15) is 0 Å². The Morgan fingerprint density at radius 2 is 1.92 bits per heavy atom. The van der Waals surface area contributed by atoms with E-state index in [1.54, 1.807) is 25.4 Å². The molecule has 0 saturated carbocycles. The van der Waals surface area contributed by atoms with Gasteiger partial charge in [0.25, 0.3) is 0 Å². The van der Waals surface area contributed by atoms with E-state index < -0.39 is 11.9 Å². The molecule has 1 aliphatic rings. The molecule has 0 bridgehead atoms. The highest BCUT2D eigenvalue weighted by Gasteiger charge is 2.34. The molecule has 0 fully saturated rings. The van der Waals surface area contributed by atoms with Crippen LogP contribution in [0, 0.1) is 0 Å². The standard InChI is InChI=1S/C19H17ClN2O2/c1-11-16(13-6-5-9-21-10-13)18(14-7-3-4-8-15(14)20)17(19(23)24)12(2)22-11/h3-10,18,22H,1-2H3,(H,23,24). The number of carboxylic acids is 1. The monoisotopic (exact) mass is 340 g/mol. The van der Waals surface area contributed by atoms with Crippen LogP contribution in [0.1, 0.15) is 30.9 Å². The van der Waals surface area contributed by atoms with E-state index in [1.165, 1.54) is 0 Å². The molecular formula is C19H17ClN2O2. The van der Waals surface area contributed by atoms with Crippen molar-refractivity contribution in [3.05, 3.63) is 81.9 Å². The molecule has 0 aliphatic carbocycles. The fourth-order valence-electron chi connectivity index (χ4n) is 3.20. The molecule has 4 nitrogen and oxygen atoms in total. The van der Waals surface area contributed by atoms with Crippen LogP contribution < -0.4 is 5.32 Å². The first-order valence-corrected chi connectivity index (χ1v) is 7.95. The summed E-state index contributed by atoms with van der Waals surface area (Å²) < 4.78 is 0. The summed E-state index contributed by atoms with van der Waals surface area (Å²) in [5.41, 5.74) is 4.34. The molecule has 3 rings (SSSR count). The number of carbonyl (C=O) groups is 1. The van der Waals surface area contributed by atoms with Crippen LogP contribution in [0.25, 0.3) is 5.57 Å². The molecule has 1 atom stereocenters. The van der Waals surface area contributed by atoms with Gasteiger partial charge in [-0.05, 0) is 42.7 Å². The lowest BCUT2D eigenvalue weighted by molar-refractivity contribution is -0.132. The summed E-state index contributed by atoms with van der Waals surface area (Å²) in [6, 6.07) is 11.1. The third-order valence-electron chi connectivity index (χ3n) is 4.18. The van der Waals surface area contributed by atoms with Crippen LogP contribution in [0.5, 0.6) is 0 Å². The number of benzene rings is 1. The topological polar surface area (TPSA) is 62.2 Å². The molecule has 2 N–H and O–H groups in total. The van der Waals surface area contributed by atoms with E-state index in [0.29, 0.717) is 16.3 Å². The fraction of sp³-hybridized carbons (Fsp3) is 0.158. The van der Waals surface area contributed by atoms with Gasteiger partial charge < -0.3 is 10.4 Å². The van der Waals surface area contributed by atoms with Crippen LogP contribution in [0.2, 0.25) is 5.02 Å². The lowest BCUT2D eigenvalue weighted by atomic mass is 9.78. The molecule has 1 unspecified atom stereocenters. The molecular weight excluding hydrogens is 324 g/mol. The van der Waals surface area contributed by atoms with Crippen LogP contribution >= 0.6 is 11.6 Å². The van der Waals surface area contributed by atoms with Gasteiger partial charge in [0, 0.05) is 34.7 Å². The van der Waals surface area contributed by atoms with Crippen molar-refractivity contribution in [2.75, 3.05) is 0 Å². The number of pyridine rings is 1. The molecule has 0 saturated heterocycles. The van der Waals surface area contributed by atoms with Gasteiger partial charge in [-0.3, -0.25) is 4.98 Å². The fourth-order valence-corrected chi connectivity index (χ4v) is 3.45. The number of dihydropyridines is 1. The molecule has 0 spiro atoms. The van der Waals surface area contributed by atoms with Gasteiger partial charge >= 0.3 is 5.97 Å². The predicted molar refractivity (Wildman–Crippen MR) is 94.5 cm³/mol. The summed E-state index contributed by atoms with van der Waals surface area (Å²) in [6.07, 6.45) is 3.43. The van der Waals surface area contributed by atoms with Crippen molar-refractivity contribution >= 4 is 23.1 Å². The minimum absolute atomic E-state index is 0.299. The summed E-state index contributed by atoms with van der Waals surface area (Å²) in [7, 11) is 0. The Hall–Kier alpha value is -2.59. The van der Waals surface area contributed by atoms with Crippen molar-refractivity contribution in [1.82, 2.24) is 10.3 Å². The highest BCUT2D eigenvalue weighted by atomic mass is 35.5. The average Bonchev–Trinajstić information content (AvgIpc) is 2.55. The van der Waals surface area contributed by atoms with E-state index in [0.717, 1.165) is 22.4 Å². The second kappa shape index (κ2) is 6.49. The smallest absolute Gasteiger partial charge is 0.334 e. The van der Waals surface area contributed by atoms with E-state index in [1.807, 2.05) is 37.3 Å². The lowest BCUT2D eigenvalue weighted by Gasteiger charge is -2.31. The summed E-state index contributed by atoms with van der Waals surface area (Å²) >= 11 is 6.40. The van der Waals surface area contributed by atoms with Crippen LogP contribution in [0.15, 0.2) is 65.8 Å². The minimum Gasteiger partial charge on any atom is -0.478 e. The summed E-state index contributed by atoms with van der Waals surface area (Å²) in [5, 5.41) is 13.5. The Balaban J connectivity index is 2.28. The predicted octanol–water partition coefficient (Wildman–Crippen LogP) is 4.21. The van der Waals surface area contributed by atoms with Gasteiger partial charge in [-0.15, -0.1) is 0 Å². The summed E-state index contributed by atoms with van der Waals surface area (Å²) in [4.78, 5) is 16.1. The molecule has 0 radical (unpaired) electrons. The van der Waals surface area contributed by atoms with Crippen molar-refractivity contribution < 1.29 is 9.90 Å². The Kier molecular flexibility index (Phi) is 4.40. The van der Waals surface area contributed by atoms with Gasteiger partial charge in [-0.1, -0.05) is 35.9 Å². The molecule has 122 valence electrons. The van der Waals surface area contributed by atoms with E-state index in [2.05, 4.69) is 10.3 Å². The van der Waals surface area contributed by atoms with Gasteiger partial charge in [0.05, 0.1) is 5.57 Å².